The number of para-hydroxylation sites is 1. The maximum Gasteiger partial charge on any atom is 0.355 e. The molecule has 0 unspecified atom stereocenters. The van der Waals surface area contributed by atoms with Crippen LogP contribution in [0.2, 0.25) is 0 Å². The van der Waals surface area contributed by atoms with Crippen molar-refractivity contribution in [1.82, 2.24) is 4.98 Å². The highest BCUT2D eigenvalue weighted by molar-refractivity contribution is 7.11. The molecule has 1 aromatic heterocycles. The molecular formula is C11H10N2O2S. The zero-order chi connectivity index (χ0) is 11.4. The van der Waals surface area contributed by atoms with Crippen molar-refractivity contribution in [2.24, 2.45) is 5.73 Å². The summed E-state index contributed by atoms with van der Waals surface area (Å²) >= 11 is 1.25. The van der Waals surface area contributed by atoms with Gasteiger partial charge in [-0.3, -0.25) is 4.98 Å². The summed E-state index contributed by atoms with van der Waals surface area (Å²) in [4.78, 5) is 15.9. The van der Waals surface area contributed by atoms with Gasteiger partial charge in [0, 0.05) is 12.1 Å². The molecule has 0 aliphatic rings. The van der Waals surface area contributed by atoms with Gasteiger partial charge in [0.05, 0.1) is 11.7 Å². The molecule has 0 aliphatic carbocycles. The van der Waals surface area contributed by atoms with Gasteiger partial charge in [0.1, 0.15) is 10.6 Å². The number of ether oxygens (including phenoxy) is 1. The molecule has 2 aromatic rings. The lowest BCUT2D eigenvalue weighted by Gasteiger charge is -2.06. The molecule has 1 aromatic carbocycles. The first-order valence-electron chi connectivity index (χ1n) is 4.70. The van der Waals surface area contributed by atoms with E-state index in [9.17, 15) is 4.79 Å². The molecule has 0 atom stereocenters. The van der Waals surface area contributed by atoms with Crippen molar-refractivity contribution >= 4 is 17.3 Å². The van der Waals surface area contributed by atoms with Gasteiger partial charge < -0.3 is 10.5 Å². The van der Waals surface area contributed by atoms with Crippen LogP contribution < -0.4 is 10.5 Å². The Kier molecular flexibility index (Phi) is 3.28. The third kappa shape index (κ3) is 2.26. The number of nitrogens with zero attached hydrogens (tertiary/aromatic N) is 1. The monoisotopic (exact) mass is 234 g/mol. The Morgan fingerprint density at radius 3 is 2.94 bits per heavy atom. The third-order valence-electron chi connectivity index (χ3n) is 2.03. The van der Waals surface area contributed by atoms with E-state index in [0.29, 0.717) is 17.2 Å². The average molecular weight is 234 g/mol. The highest BCUT2D eigenvalue weighted by Gasteiger charge is 2.11. The smallest absolute Gasteiger partial charge is 0.355 e. The van der Waals surface area contributed by atoms with Crippen molar-refractivity contribution in [3.63, 3.8) is 0 Å². The second-order valence-electron chi connectivity index (χ2n) is 3.07. The molecule has 0 saturated heterocycles. The lowest BCUT2D eigenvalue weighted by Crippen LogP contribution is -2.09. The third-order valence-corrected chi connectivity index (χ3v) is 2.78. The van der Waals surface area contributed by atoms with Gasteiger partial charge in [0.2, 0.25) is 0 Å². The second kappa shape index (κ2) is 4.87. The average Bonchev–Trinajstić information content (AvgIpc) is 2.83. The maximum absolute atomic E-state index is 11.7. The van der Waals surface area contributed by atoms with Crippen LogP contribution in [0.1, 0.15) is 15.2 Å². The summed E-state index contributed by atoms with van der Waals surface area (Å²) in [5.41, 5.74) is 7.94. The van der Waals surface area contributed by atoms with Crippen molar-refractivity contribution < 1.29 is 9.53 Å². The van der Waals surface area contributed by atoms with Gasteiger partial charge in [0.25, 0.3) is 0 Å². The molecule has 16 heavy (non-hydrogen) atoms. The van der Waals surface area contributed by atoms with Crippen molar-refractivity contribution in [2.45, 2.75) is 6.54 Å². The van der Waals surface area contributed by atoms with E-state index in [4.69, 9.17) is 10.5 Å². The van der Waals surface area contributed by atoms with Gasteiger partial charge in [-0.2, -0.15) is 0 Å². The number of carbonyl (C=O) groups is 1. The molecule has 0 bridgehead atoms. The summed E-state index contributed by atoms with van der Waals surface area (Å²) in [5.74, 6) is 0.104. The van der Waals surface area contributed by atoms with Crippen molar-refractivity contribution in [2.75, 3.05) is 0 Å². The second-order valence-corrected chi connectivity index (χ2v) is 3.95. The van der Waals surface area contributed by atoms with E-state index in [1.54, 1.807) is 17.6 Å². The van der Waals surface area contributed by atoms with Gasteiger partial charge in [-0.1, -0.05) is 18.2 Å². The summed E-state index contributed by atoms with van der Waals surface area (Å²) < 4.78 is 5.23. The molecule has 4 nitrogen and oxygen atoms in total. The molecule has 2 N–H and O–H groups in total. The van der Waals surface area contributed by atoms with E-state index in [-0.39, 0.29) is 0 Å². The van der Waals surface area contributed by atoms with Crippen LogP contribution in [0, 0.1) is 0 Å². The quantitative estimate of drug-likeness (QED) is 0.650. The summed E-state index contributed by atoms with van der Waals surface area (Å²) in [6.07, 6.45) is 1.48. The summed E-state index contributed by atoms with van der Waals surface area (Å²) in [6.45, 7) is 0.339. The van der Waals surface area contributed by atoms with Gasteiger partial charge >= 0.3 is 5.97 Å². The number of aromatic nitrogens is 1. The van der Waals surface area contributed by atoms with Crippen LogP contribution in [0.25, 0.3) is 0 Å². The molecule has 82 valence electrons. The predicted molar refractivity (Wildman–Crippen MR) is 61.4 cm³/mol. The van der Waals surface area contributed by atoms with Crippen LogP contribution in [-0.2, 0) is 6.54 Å². The standard InChI is InChI=1S/C11H10N2O2S/c12-5-8-3-1-2-4-9(8)15-11(14)10-6-13-7-16-10/h1-4,6-7H,5,12H2. The minimum Gasteiger partial charge on any atom is -0.422 e. The van der Waals surface area contributed by atoms with E-state index in [0.717, 1.165) is 5.56 Å². The number of rotatable bonds is 3. The Morgan fingerprint density at radius 2 is 2.25 bits per heavy atom. The number of nitrogens with two attached hydrogens (primary N) is 1. The summed E-state index contributed by atoms with van der Waals surface area (Å²) in [5, 5.41) is 0. The van der Waals surface area contributed by atoms with Crippen LogP contribution in [-0.4, -0.2) is 11.0 Å². The number of esters is 1. The Bertz CT molecular complexity index is 482. The molecule has 0 radical (unpaired) electrons. The van der Waals surface area contributed by atoms with Crippen molar-refractivity contribution in [3.05, 3.63) is 46.4 Å². The highest BCUT2D eigenvalue weighted by Crippen LogP contribution is 2.19. The van der Waals surface area contributed by atoms with Gasteiger partial charge in [-0.05, 0) is 6.07 Å². The topological polar surface area (TPSA) is 65.2 Å². The fourth-order valence-corrected chi connectivity index (χ4v) is 1.73. The molecule has 0 spiro atoms. The zero-order valence-corrected chi connectivity index (χ0v) is 9.24. The van der Waals surface area contributed by atoms with E-state index >= 15 is 0 Å². The fourth-order valence-electron chi connectivity index (χ4n) is 1.24. The number of hydrogen-bond acceptors (Lipinski definition) is 5. The lowest BCUT2D eigenvalue weighted by atomic mass is 10.2. The predicted octanol–water partition coefficient (Wildman–Crippen LogP) is 1.82. The maximum atomic E-state index is 11.7. The van der Waals surface area contributed by atoms with Crippen LogP contribution >= 0.6 is 11.3 Å². The Balaban J connectivity index is 2.18. The van der Waals surface area contributed by atoms with Gasteiger partial charge in [0.15, 0.2) is 0 Å². The van der Waals surface area contributed by atoms with Gasteiger partial charge in [-0.15, -0.1) is 11.3 Å². The van der Waals surface area contributed by atoms with E-state index in [1.165, 1.54) is 17.5 Å². The highest BCUT2D eigenvalue weighted by atomic mass is 32.1. The number of hydrogen-bond donors (Lipinski definition) is 1. The first-order valence-corrected chi connectivity index (χ1v) is 5.58. The van der Waals surface area contributed by atoms with E-state index < -0.39 is 5.97 Å². The first-order chi connectivity index (χ1) is 7.81. The first kappa shape index (κ1) is 10.8. The Labute approximate surface area is 96.7 Å². The normalized spacial score (nSPS) is 10.1. The largest absolute Gasteiger partial charge is 0.422 e. The molecular weight excluding hydrogens is 224 g/mol. The van der Waals surface area contributed by atoms with Crippen molar-refractivity contribution in [1.29, 1.82) is 0 Å². The van der Waals surface area contributed by atoms with Crippen molar-refractivity contribution in [3.8, 4) is 5.75 Å². The molecule has 0 aliphatic heterocycles. The number of benzene rings is 1. The van der Waals surface area contributed by atoms with Crippen LogP contribution in [0.15, 0.2) is 36.0 Å². The van der Waals surface area contributed by atoms with Crippen LogP contribution in [0.5, 0.6) is 5.75 Å². The number of carbonyl (C=O) groups excluding carboxylic acids is 1. The molecule has 5 heteroatoms. The van der Waals surface area contributed by atoms with Crippen LogP contribution in [0.4, 0.5) is 0 Å². The zero-order valence-electron chi connectivity index (χ0n) is 8.42. The summed E-state index contributed by atoms with van der Waals surface area (Å²) in [6, 6.07) is 7.21. The lowest BCUT2D eigenvalue weighted by molar-refractivity contribution is 0.0738. The molecule has 0 amide bonds. The van der Waals surface area contributed by atoms with E-state index in [2.05, 4.69) is 4.98 Å². The Morgan fingerprint density at radius 1 is 1.44 bits per heavy atom. The SMILES string of the molecule is NCc1ccccc1OC(=O)c1cncs1. The molecule has 0 fully saturated rings. The molecule has 2 rings (SSSR count). The van der Waals surface area contributed by atoms with E-state index in [1.807, 2.05) is 12.1 Å². The molecule has 1 heterocycles. The fraction of sp³-hybridized carbons (Fsp3) is 0.0909. The van der Waals surface area contributed by atoms with Gasteiger partial charge in [-0.25, -0.2) is 4.79 Å². The Hall–Kier alpha value is -1.72. The minimum atomic E-state index is -0.400. The minimum absolute atomic E-state index is 0.339. The summed E-state index contributed by atoms with van der Waals surface area (Å²) in [7, 11) is 0. The molecule has 0 saturated carbocycles. The van der Waals surface area contributed by atoms with Crippen LogP contribution in [0.3, 0.4) is 0 Å². The number of thiazole rings is 1.